The Hall–Kier alpha value is -0.590. The molecule has 0 N–H and O–H groups in total. The van der Waals surface area contributed by atoms with E-state index in [1.54, 1.807) is 6.92 Å². The summed E-state index contributed by atoms with van der Waals surface area (Å²) in [7, 11) is 0. The van der Waals surface area contributed by atoms with Crippen molar-refractivity contribution in [2.45, 2.75) is 30.8 Å². The molecule has 0 aliphatic rings. The number of carbonyl (C=O) groups excluding carboxylic acids is 2. The Morgan fingerprint density at radius 1 is 1.43 bits per heavy atom. The van der Waals surface area contributed by atoms with E-state index in [2.05, 4.69) is 20.7 Å². The van der Waals surface area contributed by atoms with Crippen LogP contribution in [0.4, 0.5) is 13.2 Å². The van der Waals surface area contributed by atoms with Crippen LogP contribution in [0.3, 0.4) is 0 Å². The molecule has 0 aliphatic heterocycles. The third kappa shape index (κ3) is 4.59. The van der Waals surface area contributed by atoms with Crippen molar-refractivity contribution in [2.75, 3.05) is 0 Å². The SMILES string of the molecule is CCCC(Br)C(=O)OC(=O)C(F)(F)F. The molecule has 0 aromatic carbocycles. The fourth-order valence-corrected chi connectivity index (χ4v) is 1.14. The zero-order valence-corrected chi connectivity index (χ0v) is 8.81. The summed E-state index contributed by atoms with van der Waals surface area (Å²) in [6.45, 7) is 1.74. The van der Waals surface area contributed by atoms with Crippen molar-refractivity contribution in [1.29, 1.82) is 0 Å². The van der Waals surface area contributed by atoms with E-state index in [1.807, 2.05) is 0 Å². The molecule has 0 amide bonds. The van der Waals surface area contributed by atoms with Crippen LogP contribution in [0.1, 0.15) is 19.8 Å². The summed E-state index contributed by atoms with van der Waals surface area (Å²) in [6, 6.07) is 0. The highest BCUT2D eigenvalue weighted by molar-refractivity contribution is 9.10. The predicted molar refractivity (Wildman–Crippen MR) is 44.8 cm³/mol. The lowest BCUT2D eigenvalue weighted by molar-refractivity contribution is -0.201. The summed E-state index contributed by atoms with van der Waals surface area (Å²) >= 11 is 2.80. The van der Waals surface area contributed by atoms with Crippen LogP contribution in [-0.4, -0.2) is 22.9 Å². The first-order valence-corrected chi connectivity index (χ1v) is 4.67. The molecule has 0 aromatic rings. The standard InChI is InChI=1S/C7H8BrF3O3/c1-2-3-4(8)5(12)14-6(13)7(9,10)11/h4H,2-3H2,1H3. The minimum Gasteiger partial charge on any atom is -0.386 e. The topological polar surface area (TPSA) is 43.4 Å². The molecule has 0 saturated carbocycles. The molecule has 0 bridgehead atoms. The monoisotopic (exact) mass is 276 g/mol. The summed E-state index contributed by atoms with van der Waals surface area (Å²) in [5.41, 5.74) is 0. The second kappa shape index (κ2) is 5.33. The second-order valence-corrected chi connectivity index (χ2v) is 3.57. The number of hydrogen-bond acceptors (Lipinski definition) is 3. The van der Waals surface area contributed by atoms with E-state index in [0.29, 0.717) is 12.8 Å². The van der Waals surface area contributed by atoms with E-state index in [4.69, 9.17) is 0 Å². The molecule has 7 heteroatoms. The molecule has 82 valence electrons. The van der Waals surface area contributed by atoms with E-state index < -0.39 is 22.9 Å². The third-order valence-corrected chi connectivity index (χ3v) is 2.05. The van der Waals surface area contributed by atoms with Crippen LogP contribution in [0.5, 0.6) is 0 Å². The summed E-state index contributed by atoms with van der Waals surface area (Å²) in [5.74, 6) is -3.70. The lowest BCUT2D eigenvalue weighted by Crippen LogP contribution is -2.31. The molecular formula is C7H8BrF3O3. The Morgan fingerprint density at radius 2 is 1.93 bits per heavy atom. The summed E-state index contributed by atoms with van der Waals surface area (Å²) in [5, 5.41) is 0. The zero-order valence-electron chi connectivity index (χ0n) is 7.23. The molecule has 0 heterocycles. The van der Waals surface area contributed by atoms with Crippen molar-refractivity contribution in [1.82, 2.24) is 0 Å². The number of rotatable bonds is 3. The molecule has 1 unspecified atom stereocenters. The Morgan fingerprint density at radius 3 is 2.29 bits per heavy atom. The maximum Gasteiger partial charge on any atom is 0.491 e. The van der Waals surface area contributed by atoms with Crippen LogP contribution in [-0.2, 0) is 14.3 Å². The molecular weight excluding hydrogens is 269 g/mol. The molecule has 14 heavy (non-hydrogen) atoms. The maximum absolute atomic E-state index is 11.6. The van der Waals surface area contributed by atoms with Gasteiger partial charge in [-0.1, -0.05) is 29.3 Å². The van der Waals surface area contributed by atoms with Crippen LogP contribution >= 0.6 is 15.9 Å². The average Bonchev–Trinajstić information content (AvgIpc) is 2.02. The van der Waals surface area contributed by atoms with Gasteiger partial charge in [-0.15, -0.1) is 0 Å². The van der Waals surface area contributed by atoms with Gasteiger partial charge in [-0.05, 0) is 6.42 Å². The highest BCUT2D eigenvalue weighted by Crippen LogP contribution is 2.18. The van der Waals surface area contributed by atoms with Gasteiger partial charge < -0.3 is 4.74 Å². The first-order valence-electron chi connectivity index (χ1n) is 3.76. The normalized spacial score (nSPS) is 13.5. The lowest BCUT2D eigenvalue weighted by Gasteiger charge is -2.08. The van der Waals surface area contributed by atoms with Gasteiger partial charge in [-0.25, -0.2) is 4.79 Å². The zero-order chi connectivity index (χ0) is 11.4. The van der Waals surface area contributed by atoms with Gasteiger partial charge in [0, 0.05) is 0 Å². The van der Waals surface area contributed by atoms with E-state index in [-0.39, 0.29) is 0 Å². The van der Waals surface area contributed by atoms with Crippen LogP contribution in [0.2, 0.25) is 0 Å². The smallest absolute Gasteiger partial charge is 0.386 e. The Kier molecular flexibility index (Phi) is 5.11. The highest BCUT2D eigenvalue weighted by Gasteiger charge is 2.43. The van der Waals surface area contributed by atoms with Crippen molar-refractivity contribution in [2.24, 2.45) is 0 Å². The number of alkyl halides is 4. The second-order valence-electron chi connectivity index (χ2n) is 2.46. The van der Waals surface area contributed by atoms with Gasteiger partial charge >= 0.3 is 18.1 Å². The first kappa shape index (κ1) is 13.4. The molecule has 0 spiro atoms. The van der Waals surface area contributed by atoms with Gasteiger partial charge in [0.15, 0.2) is 0 Å². The first-order chi connectivity index (χ1) is 6.29. The van der Waals surface area contributed by atoms with Gasteiger partial charge in [0.05, 0.1) is 0 Å². The Labute approximate surface area is 86.7 Å². The van der Waals surface area contributed by atoms with Crippen LogP contribution in [0.25, 0.3) is 0 Å². The maximum atomic E-state index is 11.6. The molecule has 0 rings (SSSR count). The van der Waals surface area contributed by atoms with Crippen molar-refractivity contribution in [3.63, 3.8) is 0 Å². The molecule has 0 aliphatic carbocycles. The number of carbonyl (C=O) groups is 2. The lowest BCUT2D eigenvalue weighted by atomic mass is 10.2. The molecule has 3 nitrogen and oxygen atoms in total. The predicted octanol–water partition coefficient (Wildman–Crippen LogP) is 2.18. The molecule has 0 saturated heterocycles. The van der Waals surface area contributed by atoms with E-state index in [9.17, 15) is 22.8 Å². The van der Waals surface area contributed by atoms with Gasteiger partial charge in [0.2, 0.25) is 0 Å². The fourth-order valence-electron chi connectivity index (χ4n) is 0.584. The van der Waals surface area contributed by atoms with Gasteiger partial charge in [-0.2, -0.15) is 13.2 Å². The van der Waals surface area contributed by atoms with Gasteiger partial charge in [-0.3, -0.25) is 4.79 Å². The van der Waals surface area contributed by atoms with Crippen LogP contribution in [0.15, 0.2) is 0 Å². The quantitative estimate of drug-likeness (QED) is 0.451. The summed E-state index contributed by atoms with van der Waals surface area (Å²) < 4.78 is 38.4. The molecule has 1 atom stereocenters. The summed E-state index contributed by atoms with van der Waals surface area (Å²) in [4.78, 5) is 20.1. The summed E-state index contributed by atoms with van der Waals surface area (Å²) in [6.07, 6.45) is -4.23. The minimum atomic E-state index is -5.13. The van der Waals surface area contributed by atoms with Gasteiger partial charge in [0.1, 0.15) is 4.83 Å². The Bertz CT molecular complexity index is 227. The molecule has 0 radical (unpaired) electrons. The largest absolute Gasteiger partial charge is 0.491 e. The van der Waals surface area contributed by atoms with Crippen molar-refractivity contribution in [3.8, 4) is 0 Å². The van der Waals surface area contributed by atoms with E-state index >= 15 is 0 Å². The average molecular weight is 277 g/mol. The van der Waals surface area contributed by atoms with E-state index in [0.717, 1.165) is 0 Å². The third-order valence-electron chi connectivity index (χ3n) is 1.22. The van der Waals surface area contributed by atoms with Crippen molar-refractivity contribution >= 4 is 27.9 Å². The van der Waals surface area contributed by atoms with E-state index in [1.165, 1.54) is 0 Å². The fraction of sp³-hybridized carbons (Fsp3) is 0.714. The highest BCUT2D eigenvalue weighted by atomic mass is 79.9. The number of hydrogen-bond donors (Lipinski definition) is 0. The number of halogens is 4. The van der Waals surface area contributed by atoms with Crippen molar-refractivity contribution < 1.29 is 27.5 Å². The van der Waals surface area contributed by atoms with Crippen molar-refractivity contribution in [3.05, 3.63) is 0 Å². The van der Waals surface area contributed by atoms with Gasteiger partial charge in [0.25, 0.3) is 0 Å². The number of esters is 2. The number of ether oxygens (including phenoxy) is 1. The molecule has 0 fully saturated rings. The Balaban J connectivity index is 4.13. The van der Waals surface area contributed by atoms with Crippen LogP contribution < -0.4 is 0 Å². The minimum absolute atomic E-state index is 0.309. The molecule has 0 aromatic heterocycles. The van der Waals surface area contributed by atoms with Crippen LogP contribution in [0, 0.1) is 0 Å².